The summed E-state index contributed by atoms with van der Waals surface area (Å²) in [6, 6.07) is 10.8. The summed E-state index contributed by atoms with van der Waals surface area (Å²) in [5, 5.41) is 7.93. The molecule has 0 fully saturated rings. The molecule has 6 nitrogen and oxygen atoms in total. The van der Waals surface area contributed by atoms with Crippen molar-refractivity contribution in [3.05, 3.63) is 70.8 Å². The van der Waals surface area contributed by atoms with Crippen LogP contribution >= 0.6 is 0 Å². The van der Waals surface area contributed by atoms with Crippen molar-refractivity contribution in [1.29, 1.82) is 0 Å². The zero-order valence-corrected chi connectivity index (χ0v) is 15.3. The largest absolute Gasteiger partial charge is 0.348 e. The van der Waals surface area contributed by atoms with Crippen LogP contribution in [-0.4, -0.2) is 31.2 Å². The molecule has 0 spiro atoms. The Bertz CT molecular complexity index is 887. The van der Waals surface area contributed by atoms with Crippen LogP contribution in [0.25, 0.3) is 0 Å². The number of hydrogen-bond donors (Lipinski definition) is 1. The second-order valence-corrected chi connectivity index (χ2v) is 6.91. The average molecular weight is 348 g/mol. The zero-order chi connectivity index (χ0) is 17.9. The molecule has 0 radical (unpaired) electrons. The highest BCUT2D eigenvalue weighted by atomic mass is 15.3. The normalized spacial score (nSPS) is 14.2. The van der Waals surface area contributed by atoms with Crippen LogP contribution in [0.15, 0.2) is 42.7 Å². The van der Waals surface area contributed by atoms with Gasteiger partial charge in [0.25, 0.3) is 0 Å². The van der Waals surface area contributed by atoms with Crippen LogP contribution in [0.1, 0.15) is 28.1 Å². The fraction of sp³-hybridized carbons (Fsp3) is 0.350. The Morgan fingerprint density at radius 1 is 1.04 bits per heavy atom. The summed E-state index contributed by atoms with van der Waals surface area (Å²) < 4.78 is 2.12. The van der Waals surface area contributed by atoms with E-state index in [4.69, 9.17) is 5.10 Å². The predicted molar refractivity (Wildman–Crippen MR) is 102 cm³/mol. The van der Waals surface area contributed by atoms with Gasteiger partial charge in [0.2, 0.25) is 5.95 Å². The van der Waals surface area contributed by atoms with E-state index in [1.165, 1.54) is 22.4 Å². The summed E-state index contributed by atoms with van der Waals surface area (Å²) >= 11 is 0. The highest BCUT2D eigenvalue weighted by Crippen LogP contribution is 2.18. The van der Waals surface area contributed by atoms with Crippen molar-refractivity contribution >= 4 is 5.95 Å². The minimum Gasteiger partial charge on any atom is -0.348 e. The van der Waals surface area contributed by atoms with Gasteiger partial charge >= 0.3 is 0 Å². The Morgan fingerprint density at radius 3 is 2.69 bits per heavy atom. The smallest absolute Gasteiger partial charge is 0.222 e. The van der Waals surface area contributed by atoms with Gasteiger partial charge in [-0.2, -0.15) is 5.10 Å². The van der Waals surface area contributed by atoms with Gasteiger partial charge in [-0.25, -0.2) is 9.97 Å². The van der Waals surface area contributed by atoms with Crippen LogP contribution in [0, 0.1) is 13.8 Å². The number of aromatic nitrogens is 4. The van der Waals surface area contributed by atoms with E-state index in [0.29, 0.717) is 12.5 Å². The minimum atomic E-state index is 0.634. The molecule has 4 rings (SSSR count). The Balaban J connectivity index is 1.39. The first-order valence-corrected chi connectivity index (χ1v) is 9.02. The van der Waals surface area contributed by atoms with E-state index in [1.54, 1.807) is 12.4 Å². The molecular formula is C20H24N6. The molecule has 1 N–H and O–H groups in total. The Morgan fingerprint density at radius 2 is 1.88 bits per heavy atom. The Hall–Kier alpha value is -2.73. The summed E-state index contributed by atoms with van der Waals surface area (Å²) in [6.07, 6.45) is 3.47. The van der Waals surface area contributed by atoms with Crippen LogP contribution < -0.4 is 5.32 Å². The van der Waals surface area contributed by atoms with Crippen LogP contribution in [0.4, 0.5) is 5.95 Å². The number of nitrogens with one attached hydrogen (secondary N) is 1. The van der Waals surface area contributed by atoms with Gasteiger partial charge in [-0.3, -0.25) is 9.58 Å². The molecule has 0 atom stereocenters. The maximum Gasteiger partial charge on any atom is 0.222 e. The van der Waals surface area contributed by atoms with Crippen molar-refractivity contribution in [2.45, 2.75) is 40.0 Å². The molecule has 0 bridgehead atoms. The first-order valence-electron chi connectivity index (χ1n) is 9.02. The molecule has 0 saturated heterocycles. The highest BCUT2D eigenvalue weighted by molar-refractivity contribution is 5.30. The molecule has 1 aliphatic rings. The minimum absolute atomic E-state index is 0.634. The highest BCUT2D eigenvalue weighted by Gasteiger charge is 2.18. The molecule has 0 aliphatic carbocycles. The van der Waals surface area contributed by atoms with Gasteiger partial charge in [0, 0.05) is 32.0 Å². The van der Waals surface area contributed by atoms with Crippen molar-refractivity contribution in [3.8, 4) is 0 Å². The monoisotopic (exact) mass is 348 g/mol. The maximum atomic E-state index is 4.70. The number of rotatable bonds is 5. The summed E-state index contributed by atoms with van der Waals surface area (Å²) in [5.41, 5.74) is 6.39. The van der Waals surface area contributed by atoms with Crippen LogP contribution in [-0.2, 0) is 26.2 Å². The van der Waals surface area contributed by atoms with Crippen molar-refractivity contribution in [1.82, 2.24) is 24.6 Å². The first-order chi connectivity index (χ1) is 12.7. The fourth-order valence-corrected chi connectivity index (χ4v) is 3.32. The van der Waals surface area contributed by atoms with Gasteiger partial charge < -0.3 is 5.32 Å². The number of benzene rings is 1. The van der Waals surface area contributed by atoms with Crippen LogP contribution in [0.2, 0.25) is 0 Å². The quantitative estimate of drug-likeness (QED) is 0.768. The van der Waals surface area contributed by atoms with E-state index < -0.39 is 0 Å². The van der Waals surface area contributed by atoms with E-state index in [0.717, 1.165) is 31.9 Å². The Kier molecular flexibility index (Phi) is 4.67. The molecule has 3 heterocycles. The predicted octanol–water partition coefficient (Wildman–Crippen LogP) is 2.92. The molecule has 26 heavy (non-hydrogen) atoms. The average Bonchev–Trinajstić information content (AvgIpc) is 3.06. The van der Waals surface area contributed by atoms with Gasteiger partial charge in [0.15, 0.2) is 0 Å². The fourth-order valence-electron chi connectivity index (χ4n) is 3.32. The lowest BCUT2D eigenvalue weighted by Crippen LogP contribution is -2.33. The van der Waals surface area contributed by atoms with Crippen molar-refractivity contribution < 1.29 is 0 Å². The molecule has 1 aliphatic heterocycles. The third-order valence-electron chi connectivity index (χ3n) is 4.90. The number of hydrogen-bond acceptors (Lipinski definition) is 5. The Labute approximate surface area is 153 Å². The number of aryl methyl sites for hydroxylation is 2. The zero-order valence-electron chi connectivity index (χ0n) is 15.3. The molecular weight excluding hydrogens is 324 g/mol. The number of anilines is 1. The topological polar surface area (TPSA) is 58.9 Å². The van der Waals surface area contributed by atoms with Gasteiger partial charge in [-0.1, -0.05) is 18.2 Å². The summed E-state index contributed by atoms with van der Waals surface area (Å²) in [6.45, 7) is 8.85. The second kappa shape index (κ2) is 7.25. The lowest BCUT2D eigenvalue weighted by molar-refractivity contribution is 0.205. The van der Waals surface area contributed by atoms with Crippen molar-refractivity contribution in [2.75, 3.05) is 11.9 Å². The van der Waals surface area contributed by atoms with E-state index in [2.05, 4.69) is 63.0 Å². The summed E-state index contributed by atoms with van der Waals surface area (Å²) in [4.78, 5) is 10.9. The third-order valence-corrected chi connectivity index (χ3v) is 4.90. The number of nitrogens with zero attached hydrogens (tertiary/aromatic N) is 5. The van der Waals surface area contributed by atoms with Crippen molar-refractivity contribution in [2.24, 2.45) is 0 Å². The van der Waals surface area contributed by atoms with Gasteiger partial charge in [0.1, 0.15) is 0 Å². The van der Waals surface area contributed by atoms with Crippen molar-refractivity contribution in [3.63, 3.8) is 0 Å². The van der Waals surface area contributed by atoms with Gasteiger partial charge in [-0.05, 0) is 42.7 Å². The molecule has 2 aromatic heterocycles. The molecule has 6 heteroatoms. The SMILES string of the molecule is Cc1ccc(CN2CCn3nc(CNc4ncccn4)cc3C2)cc1C. The molecule has 1 aromatic carbocycles. The van der Waals surface area contributed by atoms with Gasteiger partial charge in [0.05, 0.1) is 24.5 Å². The van der Waals surface area contributed by atoms with Gasteiger partial charge in [-0.15, -0.1) is 0 Å². The van der Waals surface area contributed by atoms with E-state index in [-0.39, 0.29) is 0 Å². The standard InChI is InChI=1S/C20H24N6/c1-15-4-5-17(10-16(15)2)13-25-8-9-26-19(14-25)11-18(24-26)12-23-20-21-6-3-7-22-20/h3-7,10-11H,8-9,12-14H2,1-2H3,(H,21,22,23). The van der Waals surface area contributed by atoms with E-state index in [9.17, 15) is 0 Å². The first kappa shape index (κ1) is 16.7. The number of fused-ring (bicyclic) bond motifs is 1. The molecule has 134 valence electrons. The molecule has 3 aromatic rings. The van der Waals surface area contributed by atoms with E-state index in [1.807, 2.05) is 6.07 Å². The van der Waals surface area contributed by atoms with Crippen LogP contribution in [0.3, 0.4) is 0 Å². The summed E-state index contributed by atoms with van der Waals surface area (Å²) in [7, 11) is 0. The molecule has 0 unspecified atom stereocenters. The molecule has 0 amide bonds. The molecule has 0 saturated carbocycles. The lowest BCUT2D eigenvalue weighted by Gasteiger charge is -2.27. The maximum absolute atomic E-state index is 4.70. The second-order valence-electron chi connectivity index (χ2n) is 6.91. The summed E-state index contributed by atoms with van der Waals surface area (Å²) in [5.74, 6) is 0.634. The van der Waals surface area contributed by atoms with Crippen LogP contribution in [0.5, 0.6) is 0 Å². The van der Waals surface area contributed by atoms with E-state index >= 15 is 0 Å². The third kappa shape index (κ3) is 3.75. The lowest BCUT2D eigenvalue weighted by atomic mass is 10.1.